The number of halogens is 1. The lowest BCUT2D eigenvalue weighted by Gasteiger charge is -2.09. The molecule has 0 saturated carbocycles. The van der Waals surface area contributed by atoms with Crippen LogP contribution in [0.15, 0.2) is 18.2 Å². The van der Waals surface area contributed by atoms with E-state index in [1.54, 1.807) is 12.1 Å². The maximum atomic E-state index is 11.8. The molecule has 0 bridgehead atoms. The summed E-state index contributed by atoms with van der Waals surface area (Å²) in [6.07, 6.45) is 0.664. The third-order valence-corrected chi connectivity index (χ3v) is 4.06. The quantitative estimate of drug-likeness (QED) is 0.683. The Morgan fingerprint density at radius 3 is 2.58 bits per heavy atom. The van der Waals surface area contributed by atoms with Gasteiger partial charge in [0.1, 0.15) is 0 Å². The SMILES string of the molecule is CCC(Br)C(=O)Nc1ccc2c(c1)C(=O)N(C)C2=O. The number of hydrogen-bond donors (Lipinski definition) is 1. The van der Waals surface area contributed by atoms with Crippen molar-refractivity contribution in [2.75, 3.05) is 12.4 Å². The predicted molar refractivity (Wildman–Crippen MR) is 74.5 cm³/mol. The van der Waals surface area contributed by atoms with Crippen molar-refractivity contribution in [2.45, 2.75) is 18.2 Å². The van der Waals surface area contributed by atoms with Crippen LogP contribution in [0.4, 0.5) is 5.69 Å². The molecule has 1 aliphatic rings. The van der Waals surface area contributed by atoms with Crippen LogP contribution >= 0.6 is 15.9 Å². The fraction of sp³-hybridized carbons (Fsp3) is 0.308. The molecule has 5 nitrogen and oxygen atoms in total. The summed E-state index contributed by atoms with van der Waals surface area (Å²) in [5.41, 5.74) is 1.21. The lowest BCUT2D eigenvalue weighted by Crippen LogP contribution is -2.24. The Morgan fingerprint density at radius 2 is 1.95 bits per heavy atom. The molecule has 0 aliphatic carbocycles. The van der Waals surface area contributed by atoms with Crippen LogP contribution in [0.5, 0.6) is 0 Å². The summed E-state index contributed by atoms with van der Waals surface area (Å²) >= 11 is 3.25. The fourth-order valence-electron chi connectivity index (χ4n) is 1.84. The molecule has 2 rings (SSSR count). The van der Waals surface area contributed by atoms with Crippen molar-refractivity contribution in [3.63, 3.8) is 0 Å². The van der Waals surface area contributed by atoms with Crippen LogP contribution in [0.3, 0.4) is 0 Å². The predicted octanol–water partition coefficient (Wildman–Crippen LogP) is 2.02. The lowest BCUT2D eigenvalue weighted by molar-refractivity contribution is -0.115. The van der Waals surface area contributed by atoms with Gasteiger partial charge in [0.2, 0.25) is 5.91 Å². The average molecular weight is 325 g/mol. The van der Waals surface area contributed by atoms with Gasteiger partial charge in [-0.25, -0.2) is 0 Å². The van der Waals surface area contributed by atoms with Gasteiger partial charge in [0.25, 0.3) is 11.8 Å². The van der Waals surface area contributed by atoms with E-state index >= 15 is 0 Å². The van der Waals surface area contributed by atoms with E-state index in [1.165, 1.54) is 13.1 Å². The molecular weight excluding hydrogens is 312 g/mol. The van der Waals surface area contributed by atoms with Crippen LogP contribution in [-0.4, -0.2) is 34.5 Å². The molecule has 0 aromatic heterocycles. The Kier molecular flexibility index (Phi) is 3.71. The molecule has 1 N–H and O–H groups in total. The minimum absolute atomic E-state index is 0.174. The molecule has 0 fully saturated rings. The topological polar surface area (TPSA) is 66.5 Å². The highest BCUT2D eigenvalue weighted by Gasteiger charge is 2.32. The van der Waals surface area contributed by atoms with Gasteiger partial charge < -0.3 is 5.32 Å². The van der Waals surface area contributed by atoms with Crippen molar-refractivity contribution in [3.05, 3.63) is 29.3 Å². The number of hydrogen-bond acceptors (Lipinski definition) is 3. The minimum Gasteiger partial charge on any atom is -0.325 e. The maximum Gasteiger partial charge on any atom is 0.261 e. The summed E-state index contributed by atoms with van der Waals surface area (Å²) in [4.78, 5) is 36.0. The first kappa shape index (κ1) is 13.7. The smallest absolute Gasteiger partial charge is 0.261 e. The minimum atomic E-state index is -0.345. The molecule has 1 heterocycles. The third-order valence-electron chi connectivity index (χ3n) is 3.00. The highest BCUT2D eigenvalue weighted by Crippen LogP contribution is 2.25. The van der Waals surface area contributed by atoms with Gasteiger partial charge in [-0.1, -0.05) is 22.9 Å². The van der Waals surface area contributed by atoms with E-state index in [-0.39, 0.29) is 22.5 Å². The average Bonchev–Trinajstić information content (AvgIpc) is 2.63. The van der Waals surface area contributed by atoms with Crippen molar-refractivity contribution < 1.29 is 14.4 Å². The van der Waals surface area contributed by atoms with Crippen LogP contribution in [0.2, 0.25) is 0 Å². The Hall–Kier alpha value is -1.69. The standard InChI is InChI=1S/C13H13BrN2O3/c1-3-10(14)11(17)15-7-4-5-8-9(6-7)13(19)16(2)12(8)18/h4-6,10H,3H2,1-2H3,(H,15,17). The van der Waals surface area contributed by atoms with Gasteiger partial charge in [0, 0.05) is 12.7 Å². The largest absolute Gasteiger partial charge is 0.325 e. The molecule has 100 valence electrons. The number of alkyl halides is 1. The molecule has 6 heteroatoms. The van der Waals surface area contributed by atoms with Gasteiger partial charge in [-0.15, -0.1) is 0 Å². The molecule has 1 aromatic carbocycles. The van der Waals surface area contributed by atoms with E-state index in [0.29, 0.717) is 23.2 Å². The lowest BCUT2D eigenvalue weighted by atomic mass is 10.1. The van der Waals surface area contributed by atoms with E-state index in [9.17, 15) is 14.4 Å². The fourth-order valence-corrected chi connectivity index (χ4v) is 1.96. The number of rotatable bonds is 3. The second-order valence-corrected chi connectivity index (χ2v) is 5.40. The summed E-state index contributed by atoms with van der Waals surface area (Å²) < 4.78 is 0. The molecule has 1 aliphatic heterocycles. The van der Waals surface area contributed by atoms with Crippen molar-refractivity contribution in [2.24, 2.45) is 0 Å². The number of fused-ring (bicyclic) bond motifs is 1. The second kappa shape index (κ2) is 5.13. The van der Waals surface area contributed by atoms with E-state index in [1.807, 2.05) is 6.92 Å². The number of imide groups is 1. The van der Waals surface area contributed by atoms with Gasteiger partial charge >= 0.3 is 0 Å². The number of nitrogens with one attached hydrogen (secondary N) is 1. The molecule has 1 atom stereocenters. The summed E-state index contributed by atoms with van der Waals surface area (Å²) in [5, 5.41) is 2.70. The zero-order valence-corrected chi connectivity index (χ0v) is 12.2. The highest BCUT2D eigenvalue weighted by atomic mass is 79.9. The number of anilines is 1. The number of nitrogens with zero attached hydrogens (tertiary/aromatic N) is 1. The van der Waals surface area contributed by atoms with Crippen LogP contribution < -0.4 is 5.32 Å². The summed E-state index contributed by atoms with van der Waals surface area (Å²) in [7, 11) is 1.44. The summed E-state index contributed by atoms with van der Waals surface area (Å²) in [5.74, 6) is -0.834. The van der Waals surface area contributed by atoms with Crippen LogP contribution in [0.1, 0.15) is 34.1 Å². The van der Waals surface area contributed by atoms with Crippen molar-refractivity contribution in [3.8, 4) is 0 Å². The normalized spacial score (nSPS) is 15.4. The number of benzene rings is 1. The first-order valence-corrected chi connectivity index (χ1v) is 6.78. The number of carbonyl (C=O) groups excluding carboxylic acids is 3. The highest BCUT2D eigenvalue weighted by molar-refractivity contribution is 9.10. The van der Waals surface area contributed by atoms with Gasteiger partial charge in [-0.05, 0) is 24.6 Å². The molecule has 3 amide bonds. The first-order valence-electron chi connectivity index (χ1n) is 5.87. The Bertz CT molecular complexity index is 571. The second-order valence-electron chi connectivity index (χ2n) is 4.29. The van der Waals surface area contributed by atoms with Crippen LogP contribution in [0.25, 0.3) is 0 Å². The maximum absolute atomic E-state index is 11.8. The molecule has 0 spiro atoms. The monoisotopic (exact) mass is 324 g/mol. The Labute approximate surface area is 119 Å². The van der Waals surface area contributed by atoms with Gasteiger partial charge in [0.15, 0.2) is 0 Å². The summed E-state index contributed by atoms with van der Waals surface area (Å²) in [6, 6.07) is 4.71. The van der Waals surface area contributed by atoms with Crippen molar-refractivity contribution in [1.29, 1.82) is 0 Å². The molecule has 0 saturated heterocycles. The third kappa shape index (κ3) is 2.40. The van der Waals surface area contributed by atoms with E-state index in [4.69, 9.17) is 0 Å². The van der Waals surface area contributed by atoms with Crippen LogP contribution in [0, 0.1) is 0 Å². The van der Waals surface area contributed by atoms with E-state index < -0.39 is 0 Å². The molecule has 19 heavy (non-hydrogen) atoms. The van der Waals surface area contributed by atoms with E-state index in [0.717, 1.165) is 4.90 Å². The summed E-state index contributed by atoms with van der Waals surface area (Å²) in [6.45, 7) is 1.89. The molecule has 1 unspecified atom stereocenters. The van der Waals surface area contributed by atoms with Gasteiger partial charge in [-0.2, -0.15) is 0 Å². The molecule has 0 radical (unpaired) electrons. The van der Waals surface area contributed by atoms with Crippen LogP contribution in [-0.2, 0) is 4.79 Å². The number of amides is 3. The van der Waals surface area contributed by atoms with Crippen molar-refractivity contribution >= 4 is 39.3 Å². The van der Waals surface area contributed by atoms with Crippen molar-refractivity contribution in [1.82, 2.24) is 4.90 Å². The Morgan fingerprint density at radius 1 is 1.32 bits per heavy atom. The first-order chi connectivity index (χ1) is 8.95. The zero-order chi connectivity index (χ0) is 14.2. The van der Waals surface area contributed by atoms with Gasteiger partial charge in [-0.3, -0.25) is 19.3 Å². The van der Waals surface area contributed by atoms with E-state index in [2.05, 4.69) is 21.2 Å². The Balaban J connectivity index is 2.26. The number of carbonyl (C=O) groups is 3. The molecule has 1 aromatic rings. The van der Waals surface area contributed by atoms with Gasteiger partial charge in [0.05, 0.1) is 16.0 Å². The zero-order valence-electron chi connectivity index (χ0n) is 10.6. The molecular formula is C13H13BrN2O3.